The molecule has 10 heteroatoms. The Morgan fingerprint density at radius 3 is 1.36 bits per heavy atom. The Morgan fingerprint density at radius 2 is 0.927 bits per heavy atom. The zero-order chi connectivity index (χ0) is 40.3. The van der Waals surface area contributed by atoms with Gasteiger partial charge in [-0.15, -0.1) is 0 Å². The number of hydrogen-bond donors (Lipinski definition) is 2. The molecule has 1 unspecified atom stereocenters. The van der Waals surface area contributed by atoms with E-state index in [1.165, 1.54) is 148 Å². The van der Waals surface area contributed by atoms with Crippen LogP contribution in [0, 0.1) is 0 Å². The first-order chi connectivity index (χ1) is 26.8. The summed E-state index contributed by atoms with van der Waals surface area (Å²) in [6, 6.07) is 0. The molecule has 2 atom stereocenters. The molecular weight excluding hydrogens is 713 g/mol. The second kappa shape index (κ2) is 42.1. The van der Waals surface area contributed by atoms with Crippen LogP contribution in [-0.2, 0) is 32.7 Å². The highest BCUT2D eigenvalue weighted by Gasteiger charge is 2.26. The molecule has 9 nitrogen and oxygen atoms in total. The normalized spacial score (nSPS) is 13.5. The minimum absolute atomic E-state index is 0.0505. The van der Waals surface area contributed by atoms with Gasteiger partial charge >= 0.3 is 19.8 Å². The number of ether oxygens (including phenoxy) is 2. The van der Waals surface area contributed by atoms with Crippen molar-refractivity contribution in [2.45, 2.75) is 225 Å². The summed E-state index contributed by atoms with van der Waals surface area (Å²) in [5, 5.41) is 0. The van der Waals surface area contributed by atoms with Crippen LogP contribution in [0.25, 0.3) is 0 Å². The van der Waals surface area contributed by atoms with E-state index in [9.17, 15) is 19.0 Å². The van der Waals surface area contributed by atoms with Crippen LogP contribution in [0.2, 0.25) is 0 Å². The van der Waals surface area contributed by atoms with Gasteiger partial charge in [-0.3, -0.25) is 18.6 Å². The zero-order valence-corrected chi connectivity index (χ0v) is 36.6. The fraction of sp³-hybridized carbons (Fsp3) is 0.867. The second-order valence-electron chi connectivity index (χ2n) is 15.3. The van der Waals surface area contributed by atoms with E-state index in [1.807, 2.05) is 6.08 Å². The number of unbranched alkanes of at least 4 members (excludes halogenated alkanes) is 26. The average molecular weight is 800 g/mol. The Bertz CT molecular complexity index is 959. The lowest BCUT2D eigenvalue weighted by Gasteiger charge is -2.19. The maximum atomic E-state index is 12.6. The Kier molecular flexibility index (Phi) is 40.9. The van der Waals surface area contributed by atoms with Gasteiger partial charge in [0.15, 0.2) is 6.10 Å². The molecule has 3 N–H and O–H groups in total. The van der Waals surface area contributed by atoms with Crippen LogP contribution in [0.4, 0.5) is 0 Å². The van der Waals surface area contributed by atoms with Gasteiger partial charge in [0.2, 0.25) is 0 Å². The monoisotopic (exact) mass is 800 g/mol. The molecular formula is C45H86NO8P. The predicted octanol–water partition coefficient (Wildman–Crippen LogP) is 13.2. The molecule has 0 spiro atoms. The van der Waals surface area contributed by atoms with Crippen molar-refractivity contribution >= 4 is 19.8 Å². The van der Waals surface area contributed by atoms with Crippen molar-refractivity contribution in [1.29, 1.82) is 0 Å². The Hall–Kier alpha value is -1.51. The molecule has 55 heavy (non-hydrogen) atoms. The van der Waals surface area contributed by atoms with Crippen LogP contribution >= 0.6 is 7.82 Å². The fourth-order valence-electron chi connectivity index (χ4n) is 6.41. The standard InChI is InChI=1S/C45H86NO8P/c1-3-5-7-9-11-13-15-17-19-20-21-22-24-26-28-30-32-34-36-38-45(48)54-43(42-53-55(49,50)52-40-39-46)41-51-44(47)37-35-33-31-29-27-25-23-18-16-14-12-10-8-6-4-2/h17,19,31,33,43H,3-16,18,20-30,32,34-42,46H2,1-2H3,(H,49,50)/b19-17+,33-31+/t43-/m1/s1. The SMILES string of the molecule is CCCCCCCC/C=C/CCCCCCCCCCCC(=O)O[C@H](COC(=O)CC/C=C/CCCCCCCCCCCCC)COP(=O)(O)OCCN. The smallest absolute Gasteiger partial charge is 0.462 e. The summed E-state index contributed by atoms with van der Waals surface area (Å²) in [5.74, 6) is -0.880. The molecule has 0 heterocycles. The molecule has 0 fully saturated rings. The van der Waals surface area contributed by atoms with Crippen molar-refractivity contribution in [2.24, 2.45) is 5.73 Å². The number of carbonyl (C=O) groups is 2. The summed E-state index contributed by atoms with van der Waals surface area (Å²) in [7, 11) is -4.38. The van der Waals surface area contributed by atoms with Gasteiger partial charge in [0.1, 0.15) is 6.61 Å². The predicted molar refractivity (Wildman–Crippen MR) is 229 cm³/mol. The molecule has 0 bridgehead atoms. The highest BCUT2D eigenvalue weighted by atomic mass is 31.2. The van der Waals surface area contributed by atoms with E-state index in [1.54, 1.807) is 0 Å². The van der Waals surface area contributed by atoms with E-state index in [2.05, 4.69) is 32.1 Å². The largest absolute Gasteiger partial charge is 0.472 e. The van der Waals surface area contributed by atoms with Crippen molar-refractivity contribution in [1.82, 2.24) is 0 Å². The first kappa shape index (κ1) is 53.5. The quantitative estimate of drug-likeness (QED) is 0.0267. The molecule has 0 aliphatic heterocycles. The molecule has 0 aliphatic rings. The third-order valence-electron chi connectivity index (χ3n) is 9.82. The van der Waals surface area contributed by atoms with Crippen molar-refractivity contribution in [3.63, 3.8) is 0 Å². The number of nitrogens with two attached hydrogens (primary N) is 1. The molecule has 0 aromatic heterocycles. The molecule has 0 saturated heterocycles. The first-order valence-corrected chi connectivity index (χ1v) is 24.3. The van der Waals surface area contributed by atoms with Crippen LogP contribution in [-0.4, -0.2) is 49.3 Å². The zero-order valence-electron chi connectivity index (χ0n) is 35.7. The Morgan fingerprint density at radius 1 is 0.527 bits per heavy atom. The number of hydrogen-bond acceptors (Lipinski definition) is 8. The van der Waals surface area contributed by atoms with Gasteiger partial charge in [0.25, 0.3) is 0 Å². The molecule has 0 rings (SSSR count). The maximum Gasteiger partial charge on any atom is 0.472 e. The molecule has 0 aromatic carbocycles. The lowest BCUT2D eigenvalue weighted by Crippen LogP contribution is -2.29. The van der Waals surface area contributed by atoms with Gasteiger partial charge in [0.05, 0.1) is 13.2 Å². The Balaban J connectivity index is 4.13. The van der Waals surface area contributed by atoms with Crippen LogP contribution in [0.15, 0.2) is 24.3 Å². The van der Waals surface area contributed by atoms with E-state index < -0.39 is 32.5 Å². The van der Waals surface area contributed by atoms with Crippen molar-refractivity contribution in [3.8, 4) is 0 Å². The lowest BCUT2D eigenvalue weighted by molar-refractivity contribution is -0.161. The summed E-state index contributed by atoms with van der Waals surface area (Å²) < 4.78 is 32.8. The van der Waals surface area contributed by atoms with Gasteiger partial charge in [0, 0.05) is 19.4 Å². The molecule has 324 valence electrons. The number of phosphoric ester groups is 1. The topological polar surface area (TPSA) is 134 Å². The van der Waals surface area contributed by atoms with E-state index in [-0.39, 0.29) is 32.6 Å². The third-order valence-corrected chi connectivity index (χ3v) is 10.8. The molecule has 0 saturated carbocycles. The van der Waals surface area contributed by atoms with Gasteiger partial charge in [-0.2, -0.15) is 0 Å². The van der Waals surface area contributed by atoms with Gasteiger partial charge in [-0.05, 0) is 51.4 Å². The van der Waals surface area contributed by atoms with Crippen LogP contribution in [0.1, 0.15) is 219 Å². The van der Waals surface area contributed by atoms with Gasteiger partial charge in [-0.1, -0.05) is 179 Å². The summed E-state index contributed by atoms with van der Waals surface area (Å²) in [4.78, 5) is 34.9. The lowest BCUT2D eigenvalue weighted by atomic mass is 10.1. The fourth-order valence-corrected chi connectivity index (χ4v) is 7.18. The minimum Gasteiger partial charge on any atom is -0.462 e. The maximum absolute atomic E-state index is 12.6. The van der Waals surface area contributed by atoms with E-state index in [0.717, 1.165) is 32.1 Å². The van der Waals surface area contributed by atoms with Crippen molar-refractivity contribution in [3.05, 3.63) is 24.3 Å². The Labute approximate surface area is 338 Å². The summed E-state index contributed by atoms with van der Waals surface area (Å²) in [6.07, 6.45) is 45.1. The van der Waals surface area contributed by atoms with Crippen LogP contribution in [0.3, 0.4) is 0 Å². The van der Waals surface area contributed by atoms with Crippen molar-refractivity contribution in [2.75, 3.05) is 26.4 Å². The number of phosphoric acid groups is 1. The highest BCUT2D eigenvalue weighted by molar-refractivity contribution is 7.47. The summed E-state index contributed by atoms with van der Waals surface area (Å²) in [5.41, 5.74) is 5.35. The molecule has 0 amide bonds. The summed E-state index contributed by atoms with van der Waals surface area (Å²) in [6.45, 7) is 3.71. The second-order valence-corrected chi connectivity index (χ2v) is 16.7. The molecule has 0 radical (unpaired) electrons. The van der Waals surface area contributed by atoms with E-state index in [4.69, 9.17) is 24.3 Å². The van der Waals surface area contributed by atoms with Gasteiger partial charge < -0.3 is 20.1 Å². The molecule has 0 aromatic rings. The average Bonchev–Trinajstić information content (AvgIpc) is 3.17. The van der Waals surface area contributed by atoms with E-state index >= 15 is 0 Å². The minimum atomic E-state index is -4.38. The first-order valence-electron chi connectivity index (χ1n) is 22.8. The van der Waals surface area contributed by atoms with Crippen molar-refractivity contribution < 1.29 is 37.6 Å². The number of carbonyl (C=O) groups excluding carboxylic acids is 2. The number of allylic oxidation sites excluding steroid dienone is 4. The molecule has 0 aliphatic carbocycles. The highest BCUT2D eigenvalue weighted by Crippen LogP contribution is 2.43. The number of rotatable bonds is 43. The van der Waals surface area contributed by atoms with Gasteiger partial charge in [-0.25, -0.2) is 4.57 Å². The third kappa shape index (κ3) is 41.9. The number of esters is 2. The van der Waals surface area contributed by atoms with Crippen LogP contribution < -0.4 is 5.73 Å². The van der Waals surface area contributed by atoms with Crippen LogP contribution in [0.5, 0.6) is 0 Å². The van der Waals surface area contributed by atoms with E-state index in [0.29, 0.717) is 12.8 Å². The summed E-state index contributed by atoms with van der Waals surface area (Å²) >= 11 is 0.